The highest BCUT2D eigenvalue weighted by molar-refractivity contribution is 5.85. The maximum atomic E-state index is 6.05. The zero-order chi connectivity index (χ0) is 11.4. The molecule has 1 N–H and O–H groups in total. The van der Waals surface area contributed by atoms with E-state index < -0.39 is 0 Å². The first kappa shape index (κ1) is 14.3. The highest BCUT2D eigenvalue weighted by Gasteiger charge is 2.25. The van der Waals surface area contributed by atoms with Gasteiger partial charge in [0.1, 0.15) is 11.9 Å². The molecule has 1 aromatic rings. The topological polar surface area (TPSA) is 21.3 Å². The first-order valence-electron chi connectivity index (χ1n) is 6.20. The number of aryl methyl sites for hydroxylation is 1. The van der Waals surface area contributed by atoms with E-state index in [0.29, 0.717) is 12.1 Å². The minimum atomic E-state index is 0. The maximum Gasteiger partial charge on any atom is 0.119 e. The summed E-state index contributed by atoms with van der Waals surface area (Å²) in [7, 11) is 2.03. The Bertz CT molecular complexity index is 325. The highest BCUT2D eigenvalue weighted by atomic mass is 35.5. The van der Waals surface area contributed by atoms with Crippen LogP contribution in [0.3, 0.4) is 0 Å². The van der Waals surface area contributed by atoms with E-state index in [4.69, 9.17) is 4.74 Å². The van der Waals surface area contributed by atoms with Crippen LogP contribution < -0.4 is 10.1 Å². The molecule has 1 aromatic carbocycles. The second kappa shape index (κ2) is 6.87. The van der Waals surface area contributed by atoms with Crippen LogP contribution in [-0.2, 0) is 0 Å². The van der Waals surface area contributed by atoms with Gasteiger partial charge in [0.2, 0.25) is 0 Å². The van der Waals surface area contributed by atoms with Gasteiger partial charge < -0.3 is 10.1 Å². The van der Waals surface area contributed by atoms with Crippen LogP contribution in [0.5, 0.6) is 5.75 Å². The molecule has 2 nitrogen and oxygen atoms in total. The van der Waals surface area contributed by atoms with E-state index in [9.17, 15) is 0 Å². The SMILES string of the molecule is CN[C@@H]1CCCC[C@H]1Oc1ccc(C)cc1.Cl. The summed E-state index contributed by atoms with van der Waals surface area (Å²) in [4.78, 5) is 0. The average molecular weight is 256 g/mol. The average Bonchev–Trinajstić information content (AvgIpc) is 2.33. The second-order valence-corrected chi connectivity index (χ2v) is 4.65. The zero-order valence-electron chi connectivity index (χ0n) is 10.6. The predicted octanol–water partition coefficient (Wildman–Crippen LogP) is 3.33. The molecule has 0 aliphatic heterocycles. The molecule has 1 aliphatic rings. The Morgan fingerprint density at radius 3 is 2.41 bits per heavy atom. The first-order valence-corrected chi connectivity index (χ1v) is 6.20. The molecule has 0 saturated heterocycles. The Hall–Kier alpha value is -0.730. The van der Waals surface area contributed by atoms with Crippen molar-refractivity contribution >= 4 is 12.4 Å². The standard InChI is InChI=1S/C14H21NO.ClH/c1-11-7-9-12(10-8-11)16-14-6-4-3-5-13(14)15-2;/h7-10,13-15H,3-6H2,1-2H3;1H/t13-,14-;/m1./s1. The summed E-state index contributed by atoms with van der Waals surface area (Å²) >= 11 is 0. The van der Waals surface area contributed by atoms with Gasteiger partial charge in [-0.15, -0.1) is 12.4 Å². The molecule has 0 amide bonds. The molecular formula is C14H22ClNO. The summed E-state index contributed by atoms with van der Waals surface area (Å²) in [6, 6.07) is 8.85. The van der Waals surface area contributed by atoms with Crippen molar-refractivity contribution < 1.29 is 4.74 Å². The minimum Gasteiger partial charge on any atom is -0.489 e. The van der Waals surface area contributed by atoms with Gasteiger partial charge in [0.05, 0.1) is 0 Å². The van der Waals surface area contributed by atoms with Gasteiger partial charge in [0, 0.05) is 6.04 Å². The number of halogens is 1. The fourth-order valence-corrected chi connectivity index (χ4v) is 2.36. The number of nitrogens with one attached hydrogen (secondary N) is 1. The third-order valence-electron chi connectivity index (χ3n) is 3.38. The minimum absolute atomic E-state index is 0. The van der Waals surface area contributed by atoms with Crippen molar-refractivity contribution in [3.05, 3.63) is 29.8 Å². The van der Waals surface area contributed by atoms with Crippen molar-refractivity contribution in [3.8, 4) is 5.75 Å². The van der Waals surface area contributed by atoms with Crippen molar-refractivity contribution in [2.75, 3.05) is 7.05 Å². The van der Waals surface area contributed by atoms with E-state index in [1.807, 2.05) is 7.05 Å². The zero-order valence-corrected chi connectivity index (χ0v) is 11.4. The van der Waals surface area contributed by atoms with E-state index in [0.717, 1.165) is 5.75 Å². The fourth-order valence-electron chi connectivity index (χ4n) is 2.36. The lowest BCUT2D eigenvalue weighted by Gasteiger charge is -2.31. The van der Waals surface area contributed by atoms with Crippen LogP contribution >= 0.6 is 12.4 Å². The van der Waals surface area contributed by atoms with Gasteiger partial charge in [0.15, 0.2) is 0 Å². The van der Waals surface area contributed by atoms with Gasteiger partial charge in [-0.1, -0.05) is 24.1 Å². The molecular weight excluding hydrogens is 234 g/mol. The Balaban J connectivity index is 0.00000144. The van der Waals surface area contributed by atoms with Crippen LogP contribution in [0, 0.1) is 6.92 Å². The molecule has 0 heterocycles. The molecule has 1 fully saturated rings. The molecule has 2 rings (SSSR count). The van der Waals surface area contributed by atoms with Crippen molar-refractivity contribution in [1.82, 2.24) is 5.32 Å². The smallest absolute Gasteiger partial charge is 0.119 e. The third kappa shape index (κ3) is 3.90. The van der Waals surface area contributed by atoms with Crippen LogP contribution in [0.15, 0.2) is 24.3 Å². The Morgan fingerprint density at radius 2 is 1.76 bits per heavy atom. The van der Waals surface area contributed by atoms with Crippen LogP contribution in [0.2, 0.25) is 0 Å². The summed E-state index contributed by atoms with van der Waals surface area (Å²) in [5, 5.41) is 3.36. The molecule has 0 spiro atoms. The monoisotopic (exact) mass is 255 g/mol. The van der Waals surface area contributed by atoms with Gasteiger partial charge in [-0.25, -0.2) is 0 Å². The molecule has 17 heavy (non-hydrogen) atoms. The number of rotatable bonds is 3. The molecule has 0 unspecified atom stereocenters. The fraction of sp³-hybridized carbons (Fsp3) is 0.571. The van der Waals surface area contributed by atoms with Crippen LogP contribution in [0.25, 0.3) is 0 Å². The normalized spacial score (nSPS) is 23.9. The highest BCUT2D eigenvalue weighted by Crippen LogP contribution is 2.23. The summed E-state index contributed by atoms with van der Waals surface area (Å²) < 4.78 is 6.05. The molecule has 1 saturated carbocycles. The van der Waals surface area contributed by atoms with Crippen molar-refractivity contribution in [2.24, 2.45) is 0 Å². The van der Waals surface area contributed by atoms with E-state index in [1.165, 1.54) is 31.2 Å². The molecule has 2 atom stereocenters. The second-order valence-electron chi connectivity index (χ2n) is 4.65. The lowest BCUT2D eigenvalue weighted by atomic mass is 9.92. The number of benzene rings is 1. The van der Waals surface area contributed by atoms with Crippen molar-refractivity contribution in [1.29, 1.82) is 0 Å². The van der Waals surface area contributed by atoms with Crippen LogP contribution in [0.1, 0.15) is 31.2 Å². The molecule has 1 aliphatic carbocycles. The predicted molar refractivity (Wildman–Crippen MR) is 74.2 cm³/mol. The lowest BCUT2D eigenvalue weighted by Crippen LogP contribution is -2.43. The van der Waals surface area contributed by atoms with Crippen LogP contribution in [0.4, 0.5) is 0 Å². The quantitative estimate of drug-likeness (QED) is 0.895. The number of likely N-dealkylation sites (N-methyl/N-ethyl adjacent to an activating group) is 1. The van der Waals surface area contributed by atoms with Gasteiger partial charge in [-0.05, 0) is 45.4 Å². The van der Waals surface area contributed by atoms with Crippen molar-refractivity contribution in [2.45, 2.75) is 44.8 Å². The van der Waals surface area contributed by atoms with Gasteiger partial charge in [-0.3, -0.25) is 0 Å². The summed E-state index contributed by atoms with van der Waals surface area (Å²) in [6.45, 7) is 2.10. The van der Waals surface area contributed by atoms with E-state index >= 15 is 0 Å². The van der Waals surface area contributed by atoms with Crippen LogP contribution in [-0.4, -0.2) is 19.2 Å². The summed E-state index contributed by atoms with van der Waals surface area (Å²) in [5.41, 5.74) is 1.28. The van der Waals surface area contributed by atoms with Gasteiger partial charge >= 0.3 is 0 Å². The lowest BCUT2D eigenvalue weighted by molar-refractivity contribution is 0.118. The molecule has 0 bridgehead atoms. The van der Waals surface area contributed by atoms with E-state index in [2.05, 4.69) is 36.5 Å². The van der Waals surface area contributed by atoms with Crippen molar-refractivity contribution in [3.63, 3.8) is 0 Å². The third-order valence-corrected chi connectivity index (χ3v) is 3.38. The first-order chi connectivity index (χ1) is 7.79. The van der Waals surface area contributed by atoms with Gasteiger partial charge in [-0.2, -0.15) is 0 Å². The summed E-state index contributed by atoms with van der Waals surface area (Å²) in [6.07, 6.45) is 5.34. The Morgan fingerprint density at radius 1 is 1.12 bits per heavy atom. The number of hydrogen-bond acceptors (Lipinski definition) is 2. The largest absolute Gasteiger partial charge is 0.489 e. The molecule has 0 radical (unpaired) electrons. The molecule has 3 heteroatoms. The number of ether oxygens (including phenoxy) is 1. The maximum absolute atomic E-state index is 6.05. The van der Waals surface area contributed by atoms with E-state index in [1.54, 1.807) is 0 Å². The Kier molecular flexibility index (Phi) is 5.79. The van der Waals surface area contributed by atoms with E-state index in [-0.39, 0.29) is 12.4 Å². The Labute approximate surface area is 110 Å². The molecule has 0 aromatic heterocycles. The number of hydrogen-bond donors (Lipinski definition) is 1. The van der Waals surface area contributed by atoms with Gasteiger partial charge in [0.25, 0.3) is 0 Å². The molecule has 96 valence electrons. The summed E-state index contributed by atoms with van der Waals surface area (Å²) in [5.74, 6) is 0.998.